The number of aryl methyl sites for hydroxylation is 2. The first-order chi connectivity index (χ1) is 8.19. The lowest BCUT2D eigenvalue weighted by Crippen LogP contribution is -2.18. The van der Waals surface area contributed by atoms with Crippen molar-refractivity contribution in [1.29, 1.82) is 0 Å². The molecular formula is C15H19NO. The number of rotatable bonds is 4. The van der Waals surface area contributed by atoms with E-state index in [1.807, 2.05) is 19.2 Å². The molecule has 0 saturated heterocycles. The maximum absolute atomic E-state index is 5.46. The smallest absolute Gasteiger partial charge is 0.121 e. The third-order valence-corrected chi connectivity index (χ3v) is 2.96. The van der Waals surface area contributed by atoms with Gasteiger partial charge in [-0.25, -0.2) is 0 Å². The second kappa shape index (κ2) is 5.19. The molecule has 0 amide bonds. The zero-order valence-electron chi connectivity index (χ0n) is 10.7. The van der Waals surface area contributed by atoms with Gasteiger partial charge in [-0.15, -0.1) is 0 Å². The lowest BCUT2D eigenvalue weighted by molar-refractivity contribution is 0.429. The lowest BCUT2D eigenvalue weighted by atomic mass is 10.00. The lowest BCUT2D eigenvalue weighted by Gasteiger charge is -2.14. The third kappa shape index (κ3) is 2.98. The van der Waals surface area contributed by atoms with E-state index in [0.717, 1.165) is 12.2 Å². The number of hydrogen-bond acceptors (Lipinski definition) is 2. The summed E-state index contributed by atoms with van der Waals surface area (Å²) in [6, 6.07) is 10.9. The summed E-state index contributed by atoms with van der Waals surface area (Å²) in [7, 11) is 1.97. The van der Waals surface area contributed by atoms with Gasteiger partial charge in [0.25, 0.3) is 0 Å². The summed E-state index contributed by atoms with van der Waals surface area (Å²) >= 11 is 0. The van der Waals surface area contributed by atoms with E-state index in [-0.39, 0.29) is 6.04 Å². The quantitative estimate of drug-likeness (QED) is 0.869. The second-order valence-corrected chi connectivity index (χ2v) is 4.56. The average molecular weight is 229 g/mol. The highest BCUT2D eigenvalue weighted by molar-refractivity contribution is 5.29. The van der Waals surface area contributed by atoms with E-state index in [2.05, 4.69) is 37.4 Å². The molecule has 1 N–H and O–H groups in total. The number of furan rings is 1. The monoisotopic (exact) mass is 229 g/mol. The largest absolute Gasteiger partial charge is 0.468 e. The highest BCUT2D eigenvalue weighted by Gasteiger charge is 2.12. The Hall–Kier alpha value is -1.54. The zero-order chi connectivity index (χ0) is 12.3. The van der Waals surface area contributed by atoms with Crippen molar-refractivity contribution in [1.82, 2.24) is 5.32 Å². The molecule has 2 heteroatoms. The SMILES string of the molecule is CNC(Cc1cc(C)cc(C)c1)c1ccco1. The summed E-state index contributed by atoms with van der Waals surface area (Å²) in [5.74, 6) is 0.992. The van der Waals surface area contributed by atoms with E-state index in [0.29, 0.717) is 0 Å². The fourth-order valence-electron chi connectivity index (χ4n) is 2.26. The highest BCUT2D eigenvalue weighted by atomic mass is 16.3. The Balaban J connectivity index is 2.18. The van der Waals surface area contributed by atoms with Crippen LogP contribution < -0.4 is 5.32 Å². The van der Waals surface area contributed by atoms with Gasteiger partial charge in [0.1, 0.15) is 5.76 Å². The fourth-order valence-corrected chi connectivity index (χ4v) is 2.26. The summed E-state index contributed by atoms with van der Waals surface area (Å²) in [6.07, 6.45) is 2.67. The van der Waals surface area contributed by atoms with E-state index < -0.39 is 0 Å². The number of benzene rings is 1. The molecule has 1 aromatic heterocycles. The number of hydrogen-bond donors (Lipinski definition) is 1. The van der Waals surface area contributed by atoms with Crippen molar-refractivity contribution >= 4 is 0 Å². The van der Waals surface area contributed by atoms with Gasteiger partial charge in [0.15, 0.2) is 0 Å². The minimum absolute atomic E-state index is 0.242. The first-order valence-corrected chi connectivity index (χ1v) is 5.97. The van der Waals surface area contributed by atoms with Crippen LogP contribution in [0.15, 0.2) is 41.0 Å². The molecule has 0 bridgehead atoms. The van der Waals surface area contributed by atoms with Gasteiger partial charge >= 0.3 is 0 Å². The molecule has 2 rings (SSSR count). The normalized spacial score (nSPS) is 12.6. The van der Waals surface area contributed by atoms with Gasteiger partial charge < -0.3 is 9.73 Å². The Labute approximate surface area is 103 Å². The van der Waals surface area contributed by atoms with Crippen LogP contribution in [0.2, 0.25) is 0 Å². The molecule has 0 aliphatic carbocycles. The van der Waals surface area contributed by atoms with Gasteiger partial charge in [0.05, 0.1) is 12.3 Å². The maximum atomic E-state index is 5.46. The Morgan fingerprint density at radius 2 is 1.88 bits per heavy atom. The van der Waals surface area contributed by atoms with E-state index in [1.54, 1.807) is 6.26 Å². The van der Waals surface area contributed by atoms with E-state index in [1.165, 1.54) is 16.7 Å². The van der Waals surface area contributed by atoms with Crippen LogP contribution >= 0.6 is 0 Å². The molecule has 2 aromatic rings. The summed E-state index contributed by atoms with van der Waals surface area (Å²) < 4.78 is 5.46. The molecule has 90 valence electrons. The van der Waals surface area contributed by atoms with Crippen molar-refractivity contribution in [3.05, 3.63) is 59.0 Å². The summed E-state index contributed by atoms with van der Waals surface area (Å²) in [4.78, 5) is 0. The van der Waals surface area contributed by atoms with Gasteiger partial charge in [0.2, 0.25) is 0 Å². The van der Waals surface area contributed by atoms with Crippen molar-refractivity contribution < 1.29 is 4.42 Å². The molecule has 1 atom stereocenters. The minimum Gasteiger partial charge on any atom is -0.468 e. The number of nitrogens with one attached hydrogen (secondary N) is 1. The van der Waals surface area contributed by atoms with Gasteiger partial charge in [-0.3, -0.25) is 0 Å². The van der Waals surface area contributed by atoms with Gasteiger partial charge in [-0.2, -0.15) is 0 Å². The summed E-state index contributed by atoms with van der Waals surface area (Å²) in [5.41, 5.74) is 3.97. The van der Waals surface area contributed by atoms with Crippen LogP contribution in [0.5, 0.6) is 0 Å². The average Bonchev–Trinajstić information content (AvgIpc) is 2.77. The van der Waals surface area contributed by atoms with Crippen LogP contribution in [-0.4, -0.2) is 7.05 Å². The zero-order valence-corrected chi connectivity index (χ0v) is 10.7. The molecule has 17 heavy (non-hydrogen) atoms. The summed E-state index contributed by atoms with van der Waals surface area (Å²) in [5, 5.41) is 3.30. The van der Waals surface area contributed by atoms with E-state index in [4.69, 9.17) is 4.42 Å². The first kappa shape index (κ1) is 11.9. The van der Waals surface area contributed by atoms with Crippen LogP contribution in [0.1, 0.15) is 28.5 Å². The van der Waals surface area contributed by atoms with Crippen LogP contribution in [-0.2, 0) is 6.42 Å². The van der Waals surface area contributed by atoms with Crippen LogP contribution in [0.3, 0.4) is 0 Å². The second-order valence-electron chi connectivity index (χ2n) is 4.56. The van der Waals surface area contributed by atoms with Crippen LogP contribution in [0.4, 0.5) is 0 Å². The molecule has 0 fully saturated rings. The Kier molecular flexibility index (Phi) is 3.64. The molecule has 2 nitrogen and oxygen atoms in total. The predicted octanol–water partition coefficient (Wildman–Crippen LogP) is 3.40. The van der Waals surface area contributed by atoms with Crippen molar-refractivity contribution in [3.8, 4) is 0 Å². The molecule has 1 aromatic carbocycles. The Bertz CT molecular complexity index is 453. The van der Waals surface area contributed by atoms with Gasteiger partial charge in [-0.1, -0.05) is 29.3 Å². The minimum atomic E-state index is 0.242. The Morgan fingerprint density at radius 1 is 1.18 bits per heavy atom. The standard InChI is InChI=1S/C15H19NO/c1-11-7-12(2)9-13(8-11)10-14(16-3)15-5-4-6-17-15/h4-9,14,16H,10H2,1-3H3. The van der Waals surface area contributed by atoms with Gasteiger partial charge in [0, 0.05) is 0 Å². The maximum Gasteiger partial charge on any atom is 0.121 e. The van der Waals surface area contributed by atoms with Crippen LogP contribution in [0.25, 0.3) is 0 Å². The molecule has 0 aliphatic heterocycles. The summed E-state index contributed by atoms with van der Waals surface area (Å²) in [6.45, 7) is 4.27. The topological polar surface area (TPSA) is 25.2 Å². The Morgan fingerprint density at radius 3 is 2.41 bits per heavy atom. The molecule has 1 heterocycles. The molecular weight excluding hydrogens is 210 g/mol. The molecule has 0 saturated carbocycles. The molecule has 0 spiro atoms. The van der Waals surface area contributed by atoms with Crippen LogP contribution in [0, 0.1) is 13.8 Å². The van der Waals surface area contributed by atoms with Gasteiger partial charge in [-0.05, 0) is 45.0 Å². The first-order valence-electron chi connectivity index (χ1n) is 5.97. The molecule has 1 unspecified atom stereocenters. The molecule has 0 radical (unpaired) electrons. The fraction of sp³-hybridized carbons (Fsp3) is 0.333. The molecule has 0 aliphatic rings. The van der Waals surface area contributed by atoms with Crippen molar-refractivity contribution in [3.63, 3.8) is 0 Å². The van der Waals surface area contributed by atoms with Crippen molar-refractivity contribution in [2.24, 2.45) is 0 Å². The number of likely N-dealkylation sites (N-methyl/N-ethyl adjacent to an activating group) is 1. The van der Waals surface area contributed by atoms with Crippen molar-refractivity contribution in [2.45, 2.75) is 26.3 Å². The van der Waals surface area contributed by atoms with E-state index >= 15 is 0 Å². The van der Waals surface area contributed by atoms with Crippen molar-refractivity contribution in [2.75, 3.05) is 7.05 Å². The van der Waals surface area contributed by atoms with E-state index in [9.17, 15) is 0 Å². The highest BCUT2D eigenvalue weighted by Crippen LogP contribution is 2.20. The third-order valence-electron chi connectivity index (χ3n) is 2.96. The predicted molar refractivity (Wildman–Crippen MR) is 70.1 cm³/mol.